The quantitative estimate of drug-likeness (QED) is 0.174. The Bertz CT molecular complexity index is 2510. The number of nitrogens with zero attached hydrogens (tertiary/aromatic N) is 6. The van der Waals surface area contributed by atoms with E-state index in [4.69, 9.17) is 29.9 Å². The summed E-state index contributed by atoms with van der Waals surface area (Å²) < 4.78 is 0. The van der Waals surface area contributed by atoms with Gasteiger partial charge in [0.1, 0.15) is 22.6 Å². The number of aromatic carboxylic acids is 1. The van der Waals surface area contributed by atoms with E-state index < -0.39 is 5.97 Å². The number of carbonyl (C=O) groups is 1. The van der Waals surface area contributed by atoms with Crippen LogP contribution in [0.4, 0.5) is 0 Å². The van der Waals surface area contributed by atoms with Crippen LogP contribution in [-0.2, 0) is 19.5 Å². The second-order valence-electron chi connectivity index (χ2n) is 10.3. The summed E-state index contributed by atoms with van der Waals surface area (Å²) in [4.78, 5) is 48.1. The summed E-state index contributed by atoms with van der Waals surface area (Å²) in [6.07, 6.45) is 0. The molecule has 7 aromatic rings. The van der Waals surface area contributed by atoms with Gasteiger partial charge in [-0.1, -0.05) is 72.8 Å². The molecule has 0 saturated heterocycles. The molecule has 0 spiro atoms. The number of aromatic amines is 2. The maximum Gasteiger partial charge on any atom is 0.335 e. The smallest absolute Gasteiger partial charge is 0.335 e. The van der Waals surface area contributed by atoms with Crippen LogP contribution in [0.2, 0.25) is 0 Å². The number of hydrogen-bond donors (Lipinski definition) is 3. The molecule has 0 amide bonds. The molecule has 0 unspecified atom stereocenters. The van der Waals surface area contributed by atoms with Crippen LogP contribution in [0.25, 0.3) is 89.7 Å². The molecule has 204 valence electrons. The Morgan fingerprint density at radius 2 is 0.841 bits per heavy atom. The maximum atomic E-state index is 11.9. The molecule has 0 saturated carbocycles. The molecule has 9 rings (SSSR count). The van der Waals surface area contributed by atoms with Gasteiger partial charge in [0.15, 0.2) is 23.3 Å². The Balaban J connectivity index is 0.00000289. The number of fused-ring (bicyclic) bond motifs is 20. The van der Waals surface area contributed by atoms with Crippen LogP contribution >= 0.6 is 0 Å². The van der Waals surface area contributed by atoms with Gasteiger partial charge in [0, 0.05) is 63.3 Å². The van der Waals surface area contributed by atoms with Crippen LogP contribution in [0.5, 0.6) is 0 Å². The van der Waals surface area contributed by atoms with Crippen LogP contribution in [0.15, 0.2) is 91.0 Å². The van der Waals surface area contributed by atoms with Crippen LogP contribution in [0.3, 0.4) is 0 Å². The van der Waals surface area contributed by atoms with Gasteiger partial charge >= 0.3 is 5.97 Å². The van der Waals surface area contributed by atoms with Gasteiger partial charge in [-0.15, -0.1) is 0 Å². The molecular formula is C33H18N8O2Zn. The zero-order valence-electron chi connectivity index (χ0n) is 22.9. The summed E-state index contributed by atoms with van der Waals surface area (Å²) in [7, 11) is 0. The molecule has 0 radical (unpaired) electrons. The van der Waals surface area contributed by atoms with Gasteiger partial charge in [-0.3, -0.25) is 0 Å². The first-order valence-corrected chi connectivity index (χ1v) is 13.6. The van der Waals surface area contributed by atoms with E-state index in [0.29, 0.717) is 56.7 Å². The molecule has 0 fully saturated rings. The third-order valence-corrected chi connectivity index (χ3v) is 7.80. The van der Waals surface area contributed by atoms with Crippen molar-refractivity contribution in [3.05, 3.63) is 96.6 Å². The third kappa shape index (κ3) is 3.87. The predicted octanol–water partition coefficient (Wildman–Crippen LogP) is 6.56. The van der Waals surface area contributed by atoms with Crippen molar-refractivity contribution in [1.82, 2.24) is 39.9 Å². The monoisotopic (exact) mass is 622 g/mol. The largest absolute Gasteiger partial charge is 0.478 e. The van der Waals surface area contributed by atoms with Crippen LogP contribution in [0, 0.1) is 0 Å². The summed E-state index contributed by atoms with van der Waals surface area (Å²) in [5, 5.41) is 12.8. The number of hydrogen-bond acceptors (Lipinski definition) is 7. The molecule has 10 nitrogen and oxygen atoms in total. The van der Waals surface area contributed by atoms with Crippen LogP contribution in [-0.4, -0.2) is 50.9 Å². The standard InChI is InChI=1S/C33H18N8O2.Zn/c42-33(43)16-13-14-23-24(15-16)32-40-30-22-12-6-5-11-21(22)28(38-30)36-26-18-8-2-1-7-17(18)25(34-26)35-27-19-9-3-4-10-20(19)29(37-27)39-31(23)41-32;/h1-15H,(H,42,43)(H2,34,35,36,37,38,39,40,41);. The van der Waals surface area contributed by atoms with Crippen molar-refractivity contribution >= 4 is 50.1 Å². The fraction of sp³-hybridized carbons (Fsp3) is 0. The minimum Gasteiger partial charge on any atom is -0.478 e. The van der Waals surface area contributed by atoms with E-state index in [9.17, 15) is 9.90 Å². The van der Waals surface area contributed by atoms with Crippen LogP contribution < -0.4 is 0 Å². The topological polar surface area (TPSA) is 146 Å². The molecule has 3 aromatic heterocycles. The summed E-state index contributed by atoms with van der Waals surface area (Å²) in [6.45, 7) is 0. The van der Waals surface area contributed by atoms with Gasteiger partial charge in [0.05, 0.1) is 5.56 Å². The Morgan fingerprint density at radius 1 is 0.477 bits per heavy atom. The molecule has 8 bridgehead atoms. The molecule has 44 heavy (non-hydrogen) atoms. The van der Waals surface area contributed by atoms with Crippen molar-refractivity contribution in [2.45, 2.75) is 0 Å². The van der Waals surface area contributed by atoms with Crippen molar-refractivity contribution in [2.75, 3.05) is 0 Å². The van der Waals surface area contributed by atoms with Crippen molar-refractivity contribution in [3.8, 4) is 45.6 Å². The zero-order chi connectivity index (χ0) is 28.7. The van der Waals surface area contributed by atoms with E-state index in [-0.39, 0.29) is 25.0 Å². The summed E-state index contributed by atoms with van der Waals surface area (Å²) in [6, 6.07) is 28.4. The summed E-state index contributed by atoms with van der Waals surface area (Å²) >= 11 is 0. The molecule has 11 heteroatoms. The SMILES string of the molecule is O=C(O)c1ccc2c3nc4nc(nc5[nH]c(nc6nc(nc([nH]3)c2c1)-c1ccccc1-6)c1ccccc51)-c1ccccc1-4.[Zn]. The average molecular weight is 624 g/mol. The van der Waals surface area contributed by atoms with Crippen molar-refractivity contribution < 1.29 is 29.4 Å². The fourth-order valence-corrected chi connectivity index (χ4v) is 5.77. The van der Waals surface area contributed by atoms with E-state index in [2.05, 4.69) is 9.97 Å². The molecule has 4 aromatic carbocycles. The van der Waals surface area contributed by atoms with E-state index >= 15 is 0 Å². The van der Waals surface area contributed by atoms with E-state index in [1.165, 1.54) is 0 Å². The van der Waals surface area contributed by atoms with E-state index in [1.807, 2.05) is 72.8 Å². The number of benzene rings is 4. The molecular weight excluding hydrogens is 606 g/mol. The van der Waals surface area contributed by atoms with Crippen LogP contribution in [0.1, 0.15) is 10.4 Å². The summed E-state index contributed by atoms with van der Waals surface area (Å²) in [5.74, 6) is 0.936. The van der Waals surface area contributed by atoms with Crippen molar-refractivity contribution in [3.63, 3.8) is 0 Å². The molecule has 3 N–H and O–H groups in total. The first-order chi connectivity index (χ1) is 21.1. The van der Waals surface area contributed by atoms with E-state index in [1.54, 1.807) is 18.2 Å². The molecule has 0 aliphatic carbocycles. The molecule has 2 aliphatic heterocycles. The summed E-state index contributed by atoms with van der Waals surface area (Å²) in [5.41, 5.74) is 5.67. The van der Waals surface area contributed by atoms with Gasteiger partial charge in [0.25, 0.3) is 0 Å². The molecule has 5 heterocycles. The zero-order valence-corrected chi connectivity index (χ0v) is 25.9. The number of H-pyrrole nitrogens is 2. The Morgan fingerprint density at radius 3 is 1.25 bits per heavy atom. The Kier molecular flexibility index (Phi) is 5.72. The first-order valence-electron chi connectivity index (χ1n) is 13.6. The number of rotatable bonds is 1. The third-order valence-electron chi connectivity index (χ3n) is 7.80. The van der Waals surface area contributed by atoms with Crippen molar-refractivity contribution in [2.24, 2.45) is 0 Å². The first kappa shape index (κ1) is 26.0. The average Bonchev–Trinajstić information content (AvgIpc) is 3.76. The Labute approximate surface area is 260 Å². The minimum absolute atomic E-state index is 0. The second-order valence-corrected chi connectivity index (χ2v) is 10.3. The predicted molar refractivity (Wildman–Crippen MR) is 163 cm³/mol. The van der Waals surface area contributed by atoms with Gasteiger partial charge in [0.2, 0.25) is 0 Å². The number of carboxylic acids is 1. The van der Waals surface area contributed by atoms with Gasteiger partial charge in [-0.2, -0.15) is 0 Å². The Hall–Kier alpha value is -5.67. The van der Waals surface area contributed by atoms with E-state index in [0.717, 1.165) is 33.0 Å². The minimum atomic E-state index is -1.03. The fourth-order valence-electron chi connectivity index (χ4n) is 5.77. The number of nitrogens with one attached hydrogen (secondary N) is 2. The van der Waals surface area contributed by atoms with Gasteiger partial charge in [-0.25, -0.2) is 34.7 Å². The molecule has 2 aliphatic rings. The number of aromatic nitrogens is 8. The normalized spacial score (nSPS) is 11.6. The maximum absolute atomic E-state index is 11.9. The molecule has 0 atom stereocenters. The van der Waals surface area contributed by atoms with Crippen molar-refractivity contribution in [1.29, 1.82) is 0 Å². The van der Waals surface area contributed by atoms with Gasteiger partial charge < -0.3 is 15.1 Å². The second kappa shape index (κ2) is 9.69. The van der Waals surface area contributed by atoms with Gasteiger partial charge in [-0.05, 0) is 18.2 Å². The number of carboxylic acid groups (broad SMARTS) is 1.